The summed E-state index contributed by atoms with van der Waals surface area (Å²) in [6, 6.07) is 5.93. The van der Waals surface area contributed by atoms with Crippen molar-refractivity contribution >= 4 is 30.4 Å². The zero-order valence-electron chi connectivity index (χ0n) is 14.3. The maximum atomic E-state index is 11.2. The molecule has 0 aliphatic rings. The van der Waals surface area contributed by atoms with Crippen molar-refractivity contribution in [2.24, 2.45) is 0 Å². The Morgan fingerprint density at radius 1 is 0.536 bits per heavy atom. The molecule has 1 aromatic rings. The molecule has 0 saturated carbocycles. The predicted octanol–water partition coefficient (Wildman–Crippen LogP) is 0.915. The predicted molar refractivity (Wildman–Crippen MR) is 98.8 cm³/mol. The molecule has 0 amide bonds. The van der Waals surface area contributed by atoms with E-state index < -0.39 is 54.0 Å². The van der Waals surface area contributed by atoms with Gasteiger partial charge < -0.3 is 39.1 Å². The summed E-state index contributed by atoms with van der Waals surface area (Å²) in [5.41, 5.74) is 0.995. The minimum Gasteiger partial charge on any atom is -0.324 e. The van der Waals surface area contributed by atoms with Gasteiger partial charge in [0, 0.05) is 0 Å². The topological polar surface area (TPSA) is 230 Å². The maximum absolute atomic E-state index is 11.2. The molecular weight excluding hydrogens is 460 g/mol. The Morgan fingerprint density at radius 3 is 0.929 bits per heavy atom. The fourth-order valence-corrected chi connectivity index (χ4v) is 7.53. The van der Waals surface area contributed by atoms with Crippen LogP contribution >= 0.6 is 30.4 Å². The normalized spacial score (nSPS) is 14.1. The van der Waals surface area contributed by atoms with E-state index in [0.29, 0.717) is 11.1 Å². The molecule has 0 aromatic heterocycles. The van der Waals surface area contributed by atoms with Crippen LogP contribution in [0.3, 0.4) is 0 Å². The van der Waals surface area contributed by atoms with Gasteiger partial charge in [0.2, 0.25) is 0 Å². The molecule has 8 N–H and O–H groups in total. The van der Waals surface area contributed by atoms with Crippen molar-refractivity contribution in [3.63, 3.8) is 0 Å². The van der Waals surface area contributed by atoms with E-state index in [4.69, 9.17) is 39.1 Å². The third-order valence-corrected chi connectivity index (χ3v) is 11.7. The van der Waals surface area contributed by atoms with Crippen molar-refractivity contribution in [3.8, 4) is 0 Å². The van der Waals surface area contributed by atoms with Gasteiger partial charge in [-0.2, -0.15) is 0 Å². The van der Waals surface area contributed by atoms with E-state index in [1.54, 1.807) is 0 Å². The molecule has 0 atom stereocenters. The van der Waals surface area contributed by atoms with Crippen molar-refractivity contribution in [2.75, 3.05) is 0 Å². The lowest BCUT2D eigenvalue weighted by atomic mass is 10.1. The minimum absolute atomic E-state index is 0.0469. The second-order valence-corrected chi connectivity index (χ2v) is 14.2. The zero-order valence-corrected chi connectivity index (χ0v) is 17.9. The van der Waals surface area contributed by atoms with E-state index in [2.05, 4.69) is 0 Å². The van der Waals surface area contributed by atoms with Gasteiger partial charge in [-0.3, -0.25) is 18.3 Å². The van der Waals surface area contributed by atoms with Gasteiger partial charge in [0.05, 0.1) is 0 Å². The Kier molecular flexibility index (Phi) is 8.60. The van der Waals surface area contributed by atoms with E-state index in [1.165, 1.54) is 24.3 Å². The lowest BCUT2D eigenvalue weighted by molar-refractivity contribution is 0.331. The van der Waals surface area contributed by atoms with Gasteiger partial charge in [-0.1, -0.05) is 24.3 Å². The van der Waals surface area contributed by atoms with Crippen LogP contribution in [0.1, 0.15) is 24.0 Å². The molecule has 0 saturated heterocycles. The summed E-state index contributed by atoms with van der Waals surface area (Å²) in [6.45, 7) is 0. The van der Waals surface area contributed by atoms with Crippen LogP contribution in [0.2, 0.25) is 0 Å². The molecule has 0 heterocycles. The van der Waals surface area contributed by atoms with Crippen LogP contribution in [-0.4, -0.2) is 49.9 Å². The molecular formula is C12H22O12P4. The molecule has 0 unspecified atom stereocenters. The summed E-state index contributed by atoms with van der Waals surface area (Å²) in [4.78, 5) is 72.6. The van der Waals surface area contributed by atoms with Crippen LogP contribution in [0, 0.1) is 0 Å². The van der Waals surface area contributed by atoms with Crippen LogP contribution in [0.15, 0.2) is 24.3 Å². The molecule has 0 bridgehead atoms. The van der Waals surface area contributed by atoms with Crippen molar-refractivity contribution < 1.29 is 57.4 Å². The summed E-state index contributed by atoms with van der Waals surface area (Å²) < 4.78 is 45.0. The molecule has 0 fully saturated rings. The average Bonchev–Trinajstić information content (AvgIpc) is 2.43. The Hall–Kier alpha value is -0.180. The summed E-state index contributed by atoms with van der Waals surface area (Å²) in [7, 11) is -20.0. The quantitative estimate of drug-likeness (QED) is 0.218. The fraction of sp³-hybridized carbons (Fsp3) is 0.500. The first-order valence-electron chi connectivity index (χ1n) is 7.71. The Labute approximate surface area is 160 Å². The Morgan fingerprint density at radius 2 is 0.750 bits per heavy atom. The largest absolute Gasteiger partial charge is 0.340 e. The SMILES string of the molecule is O=P(O)(O)C(CCc1ccc(CCC(P(=O)(O)O)P(=O)(O)O)cc1)P(=O)(O)O. The first-order valence-corrected chi connectivity index (χ1v) is 14.4. The van der Waals surface area contributed by atoms with Gasteiger partial charge in [-0.15, -0.1) is 0 Å². The van der Waals surface area contributed by atoms with Crippen molar-refractivity contribution in [2.45, 2.75) is 36.5 Å². The van der Waals surface area contributed by atoms with Crippen LogP contribution in [0.25, 0.3) is 0 Å². The lowest BCUT2D eigenvalue weighted by Crippen LogP contribution is -2.11. The summed E-state index contributed by atoms with van der Waals surface area (Å²) >= 11 is 0. The molecule has 0 aliphatic heterocycles. The fourth-order valence-electron chi connectivity index (χ4n) is 2.53. The zero-order chi connectivity index (χ0) is 22.0. The van der Waals surface area contributed by atoms with Gasteiger partial charge in [0.15, 0.2) is 10.8 Å². The highest BCUT2D eigenvalue weighted by molar-refractivity contribution is 7.71. The Bertz CT molecular complexity index is 729. The van der Waals surface area contributed by atoms with Crippen LogP contribution in [0.4, 0.5) is 0 Å². The van der Waals surface area contributed by atoms with Crippen molar-refractivity contribution in [3.05, 3.63) is 35.4 Å². The maximum Gasteiger partial charge on any atom is 0.340 e. The van der Waals surface area contributed by atoms with E-state index >= 15 is 0 Å². The van der Waals surface area contributed by atoms with Crippen molar-refractivity contribution in [1.29, 1.82) is 0 Å². The van der Waals surface area contributed by atoms with Crippen LogP contribution in [0.5, 0.6) is 0 Å². The standard InChI is InChI=1S/C12H22O12P4/c13-25(14,15)11(26(16,17)18)7-5-9-1-2-10(4-3-9)6-8-12(27(19,20)21)28(22,23)24/h1-4,11-12H,5-8H2,(H2,13,14,15)(H2,16,17,18)(H2,19,20,21)(H2,22,23,24). The van der Waals surface area contributed by atoms with Gasteiger partial charge in [0.25, 0.3) is 0 Å². The molecule has 0 spiro atoms. The van der Waals surface area contributed by atoms with E-state index in [0.717, 1.165) is 0 Å². The first-order chi connectivity index (χ1) is 12.4. The van der Waals surface area contributed by atoms with Crippen molar-refractivity contribution in [1.82, 2.24) is 0 Å². The second kappa shape index (κ2) is 9.31. The van der Waals surface area contributed by atoms with E-state index in [9.17, 15) is 18.3 Å². The molecule has 162 valence electrons. The number of benzene rings is 1. The van der Waals surface area contributed by atoms with E-state index in [-0.39, 0.29) is 12.8 Å². The molecule has 0 radical (unpaired) electrons. The molecule has 16 heteroatoms. The lowest BCUT2D eigenvalue weighted by Gasteiger charge is -2.20. The molecule has 1 rings (SSSR count). The van der Waals surface area contributed by atoms with Gasteiger partial charge in [-0.25, -0.2) is 0 Å². The number of aryl methyl sites for hydroxylation is 2. The highest BCUT2D eigenvalue weighted by Crippen LogP contribution is 2.62. The third kappa shape index (κ3) is 8.28. The monoisotopic (exact) mass is 482 g/mol. The van der Waals surface area contributed by atoms with Gasteiger partial charge in [-0.05, 0) is 36.8 Å². The summed E-state index contributed by atoms with van der Waals surface area (Å²) in [5, 5.41) is -4.24. The molecule has 0 aliphatic carbocycles. The molecule has 1 aromatic carbocycles. The minimum atomic E-state index is -5.01. The second-order valence-electron chi connectivity index (χ2n) is 6.21. The van der Waals surface area contributed by atoms with Crippen LogP contribution < -0.4 is 0 Å². The number of rotatable bonds is 10. The summed E-state index contributed by atoms with van der Waals surface area (Å²) in [6.07, 6.45) is -1.03. The van der Waals surface area contributed by atoms with E-state index in [1.807, 2.05) is 0 Å². The third-order valence-electron chi connectivity index (χ3n) is 3.96. The highest BCUT2D eigenvalue weighted by Gasteiger charge is 2.43. The van der Waals surface area contributed by atoms with Gasteiger partial charge in [0.1, 0.15) is 0 Å². The Balaban J connectivity index is 2.79. The van der Waals surface area contributed by atoms with Gasteiger partial charge >= 0.3 is 30.4 Å². The number of hydrogen-bond donors (Lipinski definition) is 8. The summed E-state index contributed by atoms with van der Waals surface area (Å²) in [5.74, 6) is 0. The first kappa shape index (κ1) is 25.9. The highest BCUT2D eigenvalue weighted by atomic mass is 31.2. The van der Waals surface area contributed by atoms with Crippen LogP contribution in [-0.2, 0) is 31.1 Å². The average molecular weight is 482 g/mol. The molecule has 12 nitrogen and oxygen atoms in total. The number of hydrogen-bond acceptors (Lipinski definition) is 4. The smallest absolute Gasteiger partial charge is 0.324 e. The molecule has 28 heavy (non-hydrogen) atoms.